The molecule has 0 radical (unpaired) electrons. The van der Waals surface area contributed by atoms with Gasteiger partial charge in [-0.25, -0.2) is 15.0 Å². The lowest BCUT2D eigenvalue weighted by molar-refractivity contribution is 0.0601. The Labute approximate surface area is 176 Å². The maximum Gasteiger partial charge on any atom is 0.259 e. The average Bonchev–Trinajstić information content (AvgIpc) is 2.80. The van der Waals surface area contributed by atoms with E-state index in [2.05, 4.69) is 15.0 Å². The summed E-state index contributed by atoms with van der Waals surface area (Å²) in [7, 11) is 0. The molecule has 7 heteroatoms. The van der Waals surface area contributed by atoms with Crippen LogP contribution in [0.3, 0.4) is 0 Å². The van der Waals surface area contributed by atoms with Crippen molar-refractivity contribution in [2.75, 3.05) is 13.2 Å². The number of aryl methyl sites for hydroxylation is 1. The molecule has 3 aromatic heterocycles. The third-order valence-electron chi connectivity index (χ3n) is 5.29. The topological polar surface area (TPSA) is 81.1 Å². The molecule has 1 fully saturated rings. The van der Waals surface area contributed by atoms with E-state index in [0.29, 0.717) is 30.4 Å². The molecular formula is C23H25N5O2. The van der Waals surface area contributed by atoms with Crippen molar-refractivity contribution in [1.82, 2.24) is 24.8 Å². The Hall–Kier alpha value is -3.35. The van der Waals surface area contributed by atoms with E-state index in [1.165, 1.54) is 0 Å². The number of rotatable bonds is 5. The predicted octanol–water partition coefficient (Wildman–Crippen LogP) is 4.01. The number of aromatic nitrogens is 4. The Morgan fingerprint density at radius 1 is 1.17 bits per heavy atom. The van der Waals surface area contributed by atoms with Gasteiger partial charge in [-0.1, -0.05) is 0 Å². The van der Waals surface area contributed by atoms with Crippen LogP contribution in [0.15, 0.2) is 49.1 Å². The third kappa shape index (κ3) is 4.01. The van der Waals surface area contributed by atoms with Gasteiger partial charge in [0.1, 0.15) is 11.4 Å². The van der Waals surface area contributed by atoms with Crippen LogP contribution >= 0.6 is 0 Å². The lowest BCUT2D eigenvalue weighted by atomic mass is 9.93. The minimum absolute atomic E-state index is 0.0757. The zero-order chi connectivity index (χ0) is 20.9. The molecule has 1 aliphatic heterocycles. The smallest absolute Gasteiger partial charge is 0.259 e. The van der Waals surface area contributed by atoms with Crippen LogP contribution in [0.5, 0.6) is 5.88 Å². The van der Waals surface area contributed by atoms with Crippen molar-refractivity contribution in [3.63, 3.8) is 0 Å². The van der Waals surface area contributed by atoms with Gasteiger partial charge in [-0.2, -0.15) is 0 Å². The first-order chi connectivity index (χ1) is 14.7. The van der Waals surface area contributed by atoms with Crippen LogP contribution in [0.1, 0.15) is 54.1 Å². The van der Waals surface area contributed by atoms with Gasteiger partial charge in [0, 0.05) is 36.9 Å². The Morgan fingerprint density at radius 2 is 2.00 bits per heavy atom. The Kier molecular flexibility index (Phi) is 5.97. The molecule has 1 atom stereocenters. The number of amides is 1. The summed E-state index contributed by atoms with van der Waals surface area (Å²) in [4.78, 5) is 33.0. The monoisotopic (exact) mass is 403 g/mol. The summed E-state index contributed by atoms with van der Waals surface area (Å²) in [5.74, 6) is 0.993. The molecule has 0 saturated carbocycles. The summed E-state index contributed by atoms with van der Waals surface area (Å²) in [6.45, 7) is 4.89. The van der Waals surface area contributed by atoms with Gasteiger partial charge in [0.05, 0.1) is 18.3 Å². The summed E-state index contributed by atoms with van der Waals surface area (Å²) in [5.41, 5.74) is 3.30. The van der Waals surface area contributed by atoms with Gasteiger partial charge >= 0.3 is 0 Å². The predicted molar refractivity (Wildman–Crippen MR) is 113 cm³/mol. The molecule has 1 saturated heterocycles. The zero-order valence-corrected chi connectivity index (χ0v) is 17.3. The third-order valence-corrected chi connectivity index (χ3v) is 5.29. The van der Waals surface area contributed by atoms with Crippen LogP contribution in [-0.4, -0.2) is 43.9 Å². The molecule has 0 aromatic carbocycles. The van der Waals surface area contributed by atoms with E-state index in [1.54, 1.807) is 30.7 Å². The first-order valence-corrected chi connectivity index (χ1v) is 10.3. The standard InChI is InChI=1S/C23H25N5O2/c1-3-30-22-18(7-6-11-25-22)23(29)28-14-5-4-8-20(28)21-19(15-26-16(2)27-21)17-9-12-24-13-10-17/h6-7,9-13,15,20H,3-5,8,14H2,1-2H3/t20-/m1/s1. The lowest BCUT2D eigenvalue weighted by Crippen LogP contribution is -2.39. The summed E-state index contributed by atoms with van der Waals surface area (Å²) in [6.07, 6.45) is 9.86. The maximum absolute atomic E-state index is 13.6. The minimum Gasteiger partial charge on any atom is -0.477 e. The molecule has 1 aliphatic rings. The van der Waals surface area contributed by atoms with Crippen molar-refractivity contribution in [1.29, 1.82) is 0 Å². The van der Waals surface area contributed by atoms with Crippen molar-refractivity contribution in [3.05, 3.63) is 66.1 Å². The van der Waals surface area contributed by atoms with E-state index >= 15 is 0 Å². The lowest BCUT2D eigenvalue weighted by Gasteiger charge is -2.36. The molecule has 0 N–H and O–H groups in total. The van der Waals surface area contributed by atoms with E-state index in [9.17, 15) is 4.79 Å². The molecule has 0 aliphatic carbocycles. The number of pyridine rings is 2. The number of likely N-dealkylation sites (tertiary alicyclic amines) is 1. The number of piperidine rings is 1. The first kappa shape index (κ1) is 19.9. The van der Waals surface area contributed by atoms with Gasteiger partial charge < -0.3 is 9.64 Å². The van der Waals surface area contributed by atoms with Crippen LogP contribution in [0, 0.1) is 6.92 Å². The zero-order valence-electron chi connectivity index (χ0n) is 17.3. The quantitative estimate of drug-likeness (QED) is 0.640. The fraction of sp³-hybridized carbons (Fsp3) is 0.348. The number of ether oxygens (including phenoxy) is 1. The van der Waals surface area contributed by atoms with E-state index in [4.69, 9.17) is 9.72 Å². The Bertz CT molecular complexity index is 1030. The van der Waals surface area contributed by atoms with Crippen molar-refractivity contribution in [2.45, 2.75) is 39.2 Å². The summed E-state index contributed by atoms with van der Waals surface area (Å²) >= 11 is 0. The molecule has 4 heterocycles. The maximum atomic E-state index is 13.6. The molecule has 0 unspecified atom stereocenters. The number of hydrogen-bond acceptors (Lipinski definition) is 6. The van der Waals surface area contributed by atoms with Crippen molar-refractivity contribution >= 4 is 5.91 Å². The van der Waals surface area contributed by atoms with Crippen molar-refractivity contribution < 1.29 is 9.53 Å². The van der Waals surface area contributed by atoms with Gasteiger partial charge in [-0.05, 0) is 62.9 Å². The molecule has 3 aromatic rings. The fourth-order valence-electron chi connectivity index (χ4n) is 3.91. The number of hydrogen-bond donors (Lipinski definition) is 0. The fourth-order valence-corrected chi connectivity index (χ4v) is 3.91. The molecule has 0 spiro atoms. The highest BCUT2D eigenvalue weighted by Gasteiger charge is 2.33. The normalized spacial score (nSPS) is 16.3. The van der Waals surface area contributed by atoms with Gasteiger partial charge in [0.2, 0.25) is 5.88 Å². The van der Waals surface area contributed by atoms with Gasteiger partial charge in [0.25, 0.3) is 5.91 Å². The number of carbonyl (C=O) groups excluding carboxylic acids is 1. The van der Waals surface area contributed by atoms with Crippen LogP contribution < -0.4 is 4.74 Å². The molecule has 1 amide bonds. The summed E-state index contributed by atoms with van der Waals surface area (Å²) in [5, 5.41) is 0. The molecular weight excluding hydrogens is 378 g/mol. The van der Waals surface area contributed by atoms with Crippen LogP contribution in [0.4, 0.5) is 0 Å². The second kappa shape index (κ2) is 8.98. The van der Waals surface area contributed by atoms with E-state index in [-0.39, 0.29) is 11.9 Å². The minimum atomic E-state index is -0.134. The van der Waals surface area contributed by atoms with Crippen LogP contribution in [0.2, 0.25) is 0 Å². The largest absolute Gasteiger partial charge is 0.477 e. The van der Waals surface area contributed by atoms with Crippen LogP contribution in [-0.2, 0) is 0 Å². The summed E-state index contributed by atoms with van der Waals surface area (Å²) < 4.78 is 5.61. The SMILES string of the molecule is CCOc1ncccc1C(=O)N1CCCC[C@@H]1c1nc(C)ncc1-c1ccncc1. The van der Waals surface area contributed by atoms with Crippen molar-refractivity contribution in [2.24, 2.45) is 0 Å². The van der Waals surface area contributed by atoms with Gasteiger partial charge in [0.15, 0.2) is 0 Å². The highest BCUT2D eigenvalue weighted by molar-refractivity contribution is 5.96. The van der Waals surface area contributed by atoms with E-state index < -0.39 is 0 Å². The van der Waals surface area contributed by atoms with E-state index in [0.717, 1.165) is 36.1 Å². The molecule has 4 rings (SSSR count). The first-order valence-electron chi connectivity index (χ1n) is 10.3. The van der Waals surface area contributed by atoms with Crippen LogP contribution in [0.25, 0.3) is 11.1 Å². The molecule has 7 nitrogen and oxygen atoms in total. The molecule has 154 valence electrons. The second-order valence-corrected chi connectivity index (χ2v) is 7.25. The highest BCUT2D eigenvalue weighted by atomic mass is 16.5. The highest BCUT2D eigenvalue weighted by Crippen LogP contribution is 2.37. The molecule has 0 bridgehead atoms. The average molecular weight is 403 g/mol. The Morgan fingerprint density at radius 3 is 2.80 bits per heavy atom. The molecule has 30 heavy (non-hydrogen) atoms. The van der Waals surface area contributed by atoms with Gasteiger partial charge in [-0.15, -0.1) is 0 Å². The summed E-state index contributed by atoms with van der Waals surface area (Å²) in [6, 6.07) is 7.31. The van der Waals surface area contributed by atoms with E-state index in [1.807, 2.05) is 37.1 Å². The second-order valence-electron chi connectivity index (χ2n) is 7.25. The number of nitrogens with zero attached hydrogens (tertiary/aromatic N) is 5. The Balaban J connectivity index is 1.76. The van der Waals surface area contributed by atoms with Gasteiger partial charge in [-0.3, -0.25) is 9.78 Å². The number of carbonyl (C=O) groups is 1. The van der Waals surface area contributed by atoms with Crippen molar-refractivity contribution in [3.8, 4) is 17.0 Å².